The molecule has 0 aliphatic rings. The number of nitrogens with zero attached hydrogens (tertiary/aromatic N) is 1. The summed E-state index contributed by atoms with van der Waals surface area (Å²) in [6, 6.07) is 6.75. The summed E-state index contributed by atoms with van der Waals surface area (Å²) in [5.74, 6) is 0. The van der Waals surface area contributed by atoms with Crippen LogP contribution in [0.25, 0.3) is 0 Å². The summed E-state index contributed by atoms with van der Waals surface area (Å²) >= 11 is 3.49. The minimum atomic E-state index is 0.244. The Morgan fingerprint density at radius 2 is 1.94 bits per heavy atom. The molecule has 1 aromatic carbocycles. The van der Waals surface area contributed by atoms with E-state index in [1.54, 1.807) is 0 Å². The second kappa shape index (κ2) is 5.40. The molecule has 96 valence electrons. The number of nitrogens with two attached hydrogens (primary N) is 1. The van der Waals surface area contributed by atoms with E-state index in [1.807, 2.05) is 0 Å². The highest BCUT2D eigenvalue weighted by atomic mass is 79.9. The number of halogens is 1. The van der Waals surface area contributed by atoms with Crippen LogP contribution >= 0.6 is 15.9 Å². The average Bonchev–Trinajstić information content (AvgIpc) is 2.25. The van der Waals surface area contributed by atoms with Gasteiger partial charge in [-0.15, -0.1) is 0 Å². The molecule has 0 aromatic heterocycles. The first kappa shape index (κ1) is 14.5. The second-order valence-corrected chi connectivity index (χ2v) is 6.55. The highest BCUT2D eigenvalue weighted by Crippen LogP contribution is 2.30. The van der Waals surface area contributed by atoms with Crippen LogP contribution in [0.4, 0.5) is 5.69 Å². The maximum atomic E-state index is 5.82. The van der Waals surface area contributed by atoms with Gasteiger partial charge in [-0.25, -0.2) is 0 Å². The van der Waals surface area contributed by atoms with Gasteiger partial charge < -0.3 is 10.6 Å². The lowest BCUT2D eigenvalue weighted by Crippen LogP contribution is -2.39. The van der Waals surface area contributed by atoms with Gasteiger partial charge in [-0.2, -0.15) is 0 Å². The van der Waals surface area contributed by atoms with Gasteiger partial charge in [0.15, 0.2) is 0 Å². The van der Waals surface area contributed by atoms with Gasteiger partial charge in [-0.3, -0.25) is 0 Å². The van der Waals surface area contributed by atoms with Gasteiger partial charge in [0.1, 0.15) is 0 Å². The molecule has 0 aliphatic heterocycles. The van der Waals surface area contributed by atoms with Crippen LogP contribution in [0.2, 0.25) is 0 Å². The molecule has 2 N–H and O–H groups in total. The van der Waals surface area contributed by atoms with Gasteiger partial charge in [-0.1, -0.05) is 36.7 Å². The van der Waals surface area contributed by atoms with Gasteiger partial charge in [0.25, 0.3) is 0 Å². The van der Waals surface area contributed by atoms with Gasteiger partial charge >= 0.3 is 0 Å². The normalized spacial score (nSPS) is 13.6. The third-order valence-corrected chi connectivity index (χ3v) is 3.97. The van der Waals surface area contributed by atoms with Crippen LogP contribution in [0, 0.1) is 5.41 Å². The minimum Gasteiger partial charge on any atom is -0.371 e. The Kier molecular flexibility index (Phi) is 4.62. The fourth-order valence-corrected chi connectivity index (χ4v) is 2.26. The van der Waals surface area contributed by atoms with E-state index in [4.69, 9.17) is 5.73 Å². The lowest BCUT2D eigenvalue weighted by Gasteiger charge is -2.37. The summed E-state index contributed by atoms with van der Waals surface area (Å²) in [7, 11) is 2.14. The Hall–Kier alpha value is -0.540. The van der Waals surface area contributed by atoms with E-state index in [-0.39, 0.29) is 5.41 Å². The molecule has 0 saturated heterocycles. The Bertz CT molecular complexity index is 382. The van der Waals surface area contributed by atoms with Crippen molar-refractivity contribution in [1.82, 2.24) is 0 Å². The Morgan fingerprint density at radius 1 is 1.35 bits per heavy atom. The SMILES string of the molecule is CC(N(C)c1ccc(Br)cc1CN)C(C)(C)C. The third-order valence-electron chi connectivity index (χ3n) is 3.48. The van der Waals surface area contributed by atoms with Crippen molar-refractivity contribution in [3.05, 3.63) is 28.2 Å². The van der Waals surface area contributed by atoms with Crippen LogP contribution in [-0.4, -0.2) is 13.1 Å². The largest absolute Gasteiger partial charge is 0.371 e. The van der Waals surface area contributed by atoms with Crippen molar-refractivity contribution in [1.29, 1.82) is 0 Å². The smallest absolute Gasteiger partial charge is 0.0412 e. The Labute approximate surface area is 113 Å². The second-order valence-electron chi connectivity index (χ2n) is 5.63. The fraction of sp³-hybridized carbons (Fsp3) is 0.571. The molecule has 1 aromatic rings. The molecular formula is C14H23BrN2. The molecule has 0 amide bonds. The first-order valence-electron chi connectivity index (χ1n) is 5.98. The van der Waals surface area contributed by atoms with Crippen molar-refractivity contribution in [3.63, 3.8) is 0 Å². The van der Waals surface area contributed by atoms with Gasteiger partial charge in [0, 0.05) is 29.8 Å². The van der Waals surface area contributed by atoms with Crippen molar-refractivity contribution in [2.24, 2.45) is 11.1 Å². The van der Waals surface area contributed by atoms with Gasteiger partial charge in [0.2, 0.25) is 0 Å². The highest BCUT2D eigenvalue weighted by Gasteiger charge is 2.25. The number of hydrogen-bond donors (Lipinski definition) is 1. The summed E-state index contributed by atoms with van der Waals surface area (Å²) in [5, 5.41) is 0. The summed E-state index contributed by atoms with van der Waals surface area (Å²) in [6.07, 6.45) is 0. The minimum absolute atomic E-state index is 0.244. The molecular weight excluding hydrogens is 276 g/mol. The van der Waals surface area contributed by atoms with Gasteiger partial charge in [-0.05, 0) is 36.1 Å². The predicted octanol–water partition coefficient (Wildman–Crippen LogP) is 3.78. The molecule has 3 heteroatoms. The number of rotatable bonds is 3. The van der Waals surface area contributed by atoms with Crippen molar-refractivity contribution < 1.29 is 0 Å². The number of hydrogen-bond acceptors (Lipinski definition) is 2. The van der Waals surface area contributed by atoms with Crippen LogP contribution in [-0.2, 0) is 6.54 Å². The molecule has 0 spiro atoms. The summed E-state index contributed by atoms with van der Waals surface area (Å²) in [4.78, 5) is 2.31. The summed E-state index contributed by atoms with van der Waals surface area (Å²) in [5.41, 5.74) is 8.46. The fourth-order valence-electron chi connectivity index (χ4n) is 1.85. The molecule has 1 atom stereocenters. The maximum Gasteiger partial charge on any atom is 0.0412 e. The van der Waals surface area contributed by atoms with E-state index < -0.39 is 0 Å². The molecule has 1 rings (SSSR count). The van der Waals surface area contributed by atoms with E-state index in [2.05, 4.69) is 73.8 Å². The molecule has 17 heavy (non-hydrogen) atoms. The van der Waals surface area contributed by atoms with E-state index in [0.717, 1.165) is 4.47 Å². The van der Waals surface area contributed by atoms with Crippen molar-refractivity contribution in [3.8, 4) is 0 Å². The standard InChI is InChI=1S/C14H23BrN2/c1-10(14(2,3)4)17(5)13-7-6-12(15)8-11(13)9-16/h6-8,10H,9,16H2,1-5H3. The van der Waals surface area contributed by atoms with Crippen LogP contribution < -0.4 is 10.6 Å². The molecule has 1 unspecified atom stereocenters. The zero-order valence-corrected chi connectivity index (χ0v) is 13.0. The van der Waals surface area contributed by atoms with Crippen LogP contribution in [0.5, 0.6) is 0 Å². The molecule has 0 radical (unpaired) electrons. The quantitative estimate of drug-likeness (QED) is 0.920. The van der Waals surface area contributed by atoms with E-state index in [9.17, 15) is 0 Å². The Morgan fingerprint density at radius 3 is 2.41 bits per heavy atom. The van der Waals surface area contributed by atoms with Crippen LogP contribution in [0.15, 0.2) is 22.7 Å². The number of anilines is 1. The van der Waals surface area contributed by atoms with E-state index >= 15 is 0 Å². The molecule has 0 saturated carbocycles. The predicted molar refractivity (Wildman–Crippen MR) is 79.4 cm³/mol. The first-order chi connectivity index (χ1) is 7.77. The maximum absolute atomic E-state index is 5.82. The highest BCUT2D eigenvalue weighted by molar-refractivity contribution is 9.10. The van der Waals surface area contributed by atoms with Crippen LogP contribution in [0.3, 0.4) is 0 Å². The summed E-state index contributed by atoms with van der Waals surface area (Å²) in [6.45, 7) is 9.59. The average molecular weight is 299 g/mol. The molecule has 0 heterocycles. The topological polar surface area (TPSA) is 29.3 Å². The monoisotopic (exact) mass is 298 g/mol. The first-order valence-corrected chi connectivity index (χ1v) is 6.78. The number of benzene rings is 1. The zero-order chi connectivity index (χ0) is 13.2. The van der Waals surface area contributed by atoms with Gasteiger partial charge in [0.05, 0.1) is 0 Å². The third kappa shape index (κ3) is 3.46. The lowest BCUT2D eigenvalue weighted by atomic mass is 9.86. The zero-order valence-electron chi connectivity index (χ0n) is 11.4. The van der Waals surface area contributed by atoms with Crippen molar-refractivity contribution >= 4 is 21.6 Å². The summed E-state index contributed by atoms with van der Waals surface area (Å²) < 4.78 is 1.08. The molecule has 0 fully saturated rings. The molecule has 0 bridgehead atoms. The van der Waals surface area contributed by atoms with Crippen molar-refractivity contribution in [2.75, 3.05) is 11.9 Å². The lowest BCUT2D eigenvalue weighted by molar-refractivity contribution is 0.329. The Balaban J connectivity index is 3.08. The van der Waals surface area contributed by atoms with Crippen LogP contribution in [0.1, 0.15) is 33.3 Å². The molecule has 2 nitrogen and oxygen atoms in total. The molecule has 0 aliphatic carbocycles. The van der Waals surface area contributed by atoms with E-state index in [1.165, 1.54) is 11.3 Å². The van der Waals surface area contributed by atoms with E-state index in [0.29, 0.717) is 12.6 Å². The van der Waals surface area contributed by atoms with Crippen molar-refractivity contribution in [2.45, 2.75) is 40.3 Å².